The Labute approximate surface area is 242 Å². The van der Waals surface area contributed by atoms with Crippen LogP contribution in [0.15, 0.2) is 93.9 Å². The molecule has 37 heavy (non-hydrogen) atoms. The van der Waals surface area contributed by atoms with Crippen LogP contribution in [0.25, 0.3) is 22.3 Å². The van der Waals surface area contributed by atoms with Crippen molar-refractivity contribution < 1.29 is 0 Å². The molecule has 6 heteroatoms. The molecule has 4 rings (SSSR count). The third kappa shape index (κ3) is 7.93. The van der Waals surface area contributed by atoms with E-state index in [4.69, 9.17) is 11.5 Å². The van der Waals surface area contributed by atoms with Crippen LogP contribution < -0.4 is 21.8 Å². The van der Waals surface area contributed by atoms with Crippen LogP contribution in [0.1, 0.15) is 7.43 Å². The highest BCUT2D eigenvalue weighted by Gasteiger charge is 2.18. The molecule has 0 bridgehead atoms. The lowest BCUT2D eigenvalue weighted by Crippen LogP contribution is -2.37. The Morgan fingerprint density at radius 1 is 0.486 bits per heavy atom. The first-order chi connectivity index (χ1) is 16.8. The van der Waals surface area contributed by atoms with Crippen molar-refractivity contribution in [1.29, 1.82) is 0 Å². The molecule has 0 amide bonds. The topological polar surface area (TPSA) is 52.0 Å². The molecule has 0 aromatic heterocycles. The number of nitrogens with two attached hydrogens (primary N) is 2. The molecule has 4 N–H and O–H groups in total. The Morgan fingerprint density at radius 2 is 0.811 bits per heavy atom. The molecule has 2 nitrogen and oxygen atoms in total. The number of nitrogen functional groups attached to an aromatic ring is 2. The summed E-state index contributed by atoms with van der Waals surface area (Å²) in [6, 6.07) is 30.1. The lowest BCUT2D eigenvalue weighted by Gasteiger charge is -2.18. The van der Waals surface area contributed by atoms with Crippen molar-refractivity contribution in [3.8, 4) is 22.3 Å². The molecule has 196 valence electrons. The van der Waals surface area contributed by atoms with Gasteiger partial charge in [-0.3, -0.25) is 0 Å². The summed E-state index contributed by atoms with van der Waals surface area (Å²) in [6.07, 6.45) is 0. The van der Waals surface area contributed by atoms with Crippen LogP contribution in [0.4, 0.5) is 11.4 Å². The zero-order chi connectivity index (χ0) is 26.7. The van der Waals surface area contributed by atoms with Crippen LogP contribution in [0.5, 0.6) is 0 Å². The summed E-state index contributed by atoms with van der Waals surface area (Å²) in [5, 5.41) is 2.95. The van der Waals surface area contributed by atoms with Crippen LogP contribution in [-0.4, -0.2) is 16.1 Å². The van der Waals surface area contributed by atoms with Crippen molar-refractivity contribution in [1.82, 2.24) is 0 Å². The van der Waals surface area contributed by atoms with Gasteiger partial charge in [-0.25, -0.2) is 0 Å². The Bertz CT molecular complexity index is 1230. The summed E-state index contributed by atoms with van der Waals surface area (Å²) < 4.78 is 1.86. The van der Waals surface area contributed by atoms with Crippen molar-refractivity contribution in [2.24, 2.45) is 0 Å². The predicted octanol–water partition coefficient (Wildman–Crippen LogP) is 9.12. The number of hydrogen-bond acceptors (Lipinski definition) is 2. The summed E-state index contributed by atoms with van der Waals surface area (Å²) >= 11 is 6.58. The number of benzene rings is 4. The molecule has 0 aliphatic heterocycles. The number of para-hydroxylation sites is 2. The van der Waals surface area contributed by atoms with Gasteiger partial charge < -0.3 is 11.5 Å². The Morgan fingerprint density at radius 3 is 1.11 bits per heavy atom. The van der Waals surface area contributed by atoms with E-state index in [2.05, 4.69) is 138 Å². The van der Waals surface area contributed by atoms with E-state index in [-0.39, 0.29) is 7.43 Å². The largest absolute Gasteiger partial charge is 0.398 e. The van der Waals surface area contributed by atoms with Crippen LogP contribution in [0.3, 0.4) is 0 Å². The molecule has 0 unspecified atom stereocenters. The number of rotatable bonds is 4. The van der Waals surface area contributed by atoms with Gasteiger partial charge in [-0.2, -0.15) is 0 Å². The van der Waals surface area contributed by atoms with Gasteiger partial charge in [0.2, 0.25) is 0 Å². The first-order valence-electron chi connectivity index (χ1n) is 12.1. The van der Waals surface area contributed by atoms with Gasteiger partial charge in [0.1, 0.15) is 0 Å². The maximum Gasteiger partial charge on any atom is 0.0775 e. The van der Waals surface area contributed by atoms with E-state index in [1.807, 2.05) is 18.2 Å². The zero-order valence-corrected chi connectivity index (χ0v) is 27.2. The highest BCUT2D eigenvalue weighted by atomic mass is 79.9. The molecule has 0 saturated carbocycles. The van der Waals surface area contributed by atoms with Crippen LogP contribution in [0.2, 0.25) is 39.3 Å². The third-order valence-corrected chi connectivity index (χ3v) is 11.7. The highest BCUT2D eigenvalue weighted by Crippen LogP contribution is 2.34. The molecule has 4 aromatic carbocycles. The van der Waals surface area contributed by atoms with E-state index >= 15 is 0 Å². The minimum absolute atomic E-state index is 0. The van der Waals surface area contributed by atoms with Crippen molar-refractivity contribution in [3.63, 3.8) is 0 Å². The van der Waals surface area contributed by atoms with E-state index in [9.17, 15) is 0 Å². The van der Waals surface area contributed by atoms with Gasteiger partial charge in [0, 0.05) is 25.8 Å². The standard InChI is InChI=1S/C24H31NSi2.C6H5Br2N.CH4/c1-26(2,3)20-14-10-18(11-15-20)22-8-7-9-23(24(22)25)19-12-16-21(17-13-19)27(4,5)6;7-4-2-1-3-5(8)6(4)9;/h7-17H,25H2,1-6H3;1-3H,9H2;1H4. The molecular formula is C31H40Br2N2Si2. The highest BCUT2D eigenvalue weighted by molar-refractivity contribution is 9.11. The second-order valence-corrected chi connectivity index (χ2v) is 22.9. The third-order valence-electron chi connectivity index (χ3n) is 6.23. The van der Waals surface area contributed by atoms with E-state index in [1.165, 1.54) is 21.5 Å². The Hall–Kier alpha value is -2.13. The Kier molecular flexibility index (Phi) is 10.6. The molecule has 0 saturated heterocycles. The Balaban J connectivity index is 0.000000408. The van der Waals surface area contributed by atoms with Gasteiger partial charge >= 0.3 is 0 Å². The van der Waals surface area contributed by atoms with E-state index in [0.717, 1.165) is 31.4 Å². The minimum atomic E-state index is -1.28. The van der Waals surface area contributed by atoms with Crippen molar-refractivity contribution in [3.05, 3.63) is 93.9 Å². The number of anilines is 2. The summed E-state index contributed by atoms with van der Waals surface area (Å²) in [4.78, 5) is 0. The van der Waals surface area contributed by atoms with Crippen molar-refractivity contribution in [2.75, 3.05) is 11.5 Å². The van der Waals surface area contributed by atoms with Crippen molar-refractivity contribution >= 4 is 69.8 Å². The molecule has 0 atom stereocenters. The minimum Gasteiger partial charge on any atom is -0.398 e. The van der Waals surface area contributed by atoms with Gasteiger partial charge in [-0.15, -0.1) is 0 Å². The molecule has 0 aliphatic carbocycles. The second-order valence-electron chi connectivity index (χ2n) is 11.1. The first kappa shape index (κ1) is 31.1. The van der Waals surface area contributed by atoms with E-state index in [0.29, 0.717) is 0 Å². The van der Waals surface area contributed by atoms with Gasteiger partial charge in [-0.1, -0.05) is 130 Å². The summed E-state index contributed by atoms with van der Waals surface area (Å²) in [5.74, 6) is 0. The fraction of sp³-hybridized carbons (Fsp3) is 0.226. The SMILES string of the molecule is C.C[Si](C)(C)c1ccc(-c2cccc(-c3ccc([Si](C)(C)C)cc3)c2N)cc1.Nc1c(Br)cccc1Br. The average Bonchev–Trinajstić information content (AvgIpc) is 2.82. The fourth-order valence-corrected chi connectivity index (χ4v) is 7.21. The zero-order valence-electron chi connectivity index (χ0n) is 22.0. The number of halogens is 2. The van der Waals surface area contributed by atoms with E-state index in [1.54, 1.807) is 0 Å². The van der Waals surface area contributed by atoms with Gasteiger partial charge in [0.15, 0.2) is 0 Å². The maximum absolute atomic E-state index is 6.61. The van der Waals surface area contributed by atoms with Crippen LogP contribution in [-0.2, 0) is 0 Å². The summed E-state index contributed by atoms with van der Waals surface area (Å²) in [5.41, 5.74) is 18.4. The lowest BCUT2D eigenvalue weighted by molar-refractivity contribution is 1.58. The molecule has 0 aliphatic rings. The quantitative estimate of drug-likeness (QED) is 0.170. The molecular weight excluding hydrogens is 616 g/mol. The second kappa shape index (κ2) is 12.6. The molecule has 0 spiro atoms. The predicted molar refractivity (Wildman–Crippen MR) is 181 cm³/mol. The van der Waals surface area contributed by atoms with E-state index < -0.39 is 16.1 Å². The smallest absolute Gasteiger partial charge is 0.0775 e. The normalized spacial score (nSPS) is 11.2. The van der Waals surface area contributed by atoms with Crippen LogP contribution >= 0.6 is 31.9 Å². The fourth-order valence-electron chi connectivity index (χ4n) is 3.88. The monoisotopic (exact) mass is 654 g/mol. The number of hydrogen-bond donors (Lipinski definition) is 2. The average molecular weight is 657 g/mol. The van der Waals surface area contributed by atoms with Gasteiger partial charge in [0.25, 0.3) is 0 Å². The summed E-state index contributed by atoms with van der Waals surface area (Å²) in [7, 11) is -2.57. The molecule has 0 radical (unpaired) electrons. The van der Waals surface area contributed by atoms with Gasteiger partial charge in [-0.05, 0) is 55.1 Å². The van der Waals surface area contributed by atoms with Crippen LogP contribution in [0, 0.1) is 0 Å². The first-order valence-corrected chi connectivity index (χ1v) is 20.7. The summed E-state index contributed by atoms with van der Waals surface area (Å²) in [6.45, 7) is 14.3. The van der Waals surface area contributed by atoms with Crippen molar-refractivity contribution in [2.45, 2.75) is 46.7 Å². The molecule has 4 aromatic rings. The van der Waals surface area contributed by atoms with Gasteiger partial charge in [0.05, 0.1) is 21.8 Å². The maximum atomic E-state index is 6.61. The molecule has 0 heterocycles. The lowest BCUT2D eigenvalue weighted by atomic mass is 9.96. The molecule has 0 fully saturated rings.